The van der Waals surface area contributed by atoms with Gasteiger partial charge in [0.15, 0.2) is 0 Å². The van der Waals surface area contributed by atoms with Crippen molar-refractivity contribution in [1.82, 2.24) is 10.2 Å². The zero-order valence-corrected chi connectivity index (χ0v) is 11.2. The van der Waals surface area contributed by atoms with Gasteiger partial charge in [0.05, 0.1) is 5.41 Å². The van der Waals surface area contributed by atoms with E-state index in [1.54, 1.807) is 0 Å². The summed E-state index contributed by atoms with van der Waals surface area (Å²) in [7, 11) is 0. The molecule has 0 aliphatic carbocycles. The number of carbonyl (C=O) groups excluding carboxylic acids is 4. The van der Waals surface area contributed by atoms with Gasteiger partial charge >= 0.3 is 6.03 Å². The van der Waals surface area contributed by atoms with Crippen molar-refractivity contribution in [3.63, 3.8) is 0 Å². The molecule has 0 aromatic rings. The van der Waals surface area contributed by atoms with Gasteiger partial charge in [0.1, 0.15) is 0 Å². The quantitative estimate of drug-likeness (QED) is 0.691. The Labute approximate surface area is 111 Å². The zero-order valence-electron chi connectivity index (χ0n) is 11.2. The molecule has 5 amide bonds. The van der Waals surface area contributed by atoms with Crippen LogP contribution in [0.5, 0.6) is 0 Å². The van der Waals surface area contributed by atoms with Gasteiger partial charge in [0.2, 0.25) is 17.7 Å². The van der Waals surface area contributed by atoms with E-state index in [9.17, 15) is 19.2 Å². The second-order valence-corrected chi connectivity index (χ2v) is 4.68. The van der Waals surface area contributed by atoms with Crippen molar-refractivity contribution in [2.75, 3.05) is 6.54 Å². The van der Waals surface area contributed by atoms with Gasteiger partial charge in [-0.15, -0.1) is 0 Å². The largest absolute Gasteiger partial charge is 0.351 e. The summed E-state index contributed by atoms with van der Waals surface area (Å²) in [6, 6.07) is -0.944. The molecule has 106 valence electrons. The number of imide groups is 2. The lowest BCUT2D eigenvalue weighted by Crippen LogP contribution is -2.40. The smallest absolute Gasteiger partial charge is 0.318 e. The minimum absolute atomic E-state index is 0.0153. The first kappa shape index (κ1) is 15.1. The molecule has 1 heterocycles. The van der Waals surface area contributed by atoms with Crippen LogP contribution in [-0.4, -0.2) is 35.2 Å². The van der Waals surface area contributed by atoms with Gasteiger partial charge in [0, 0.05) is 19.4 Å². The van der Waals surface area contributed by atoms with Crippen LogP contribution >= 0.6 is 0 Å². The van der Waals surface area contributed by atoms with E-state index in [2.05, 4.69) is 0 Å². The Balaban J connectivity index is 2.65. The molecule has 0 bridgehead atoms. The summed E-state index contributed by atoms with van der Waals surface area (Å²) in [5.74, 6) is -1.09. The molecule has 0 unspecified atom stereocenters. The second kappa shape index (κ2) is 5.81. The molecule has 19 heavy (non-hydrogen) atoms. The van der Waals surface area contributed by atoms with Gasteiger partial charge < -0.3 is 5.73 Å². The Morgan fingerprint density at radius 1 is 1.32 bits per heavy atom. The molecule has 1 saturated heterocycles. The molecule has 0 aromatic carbocycles. The molecule has 1 aliphatic rings. The molecule has 0 atom stereocenters. The van der Waals surface area contributed by atoms with Crippen molar-refractivity contribution >= 4 is 23.8 Å². The van der Waals surface area contributed by atoms with Crippen LogP contribution in [-0.2, 0) is 14.4 Å². The van der Waals surface area contributed by atoms with Crippen LogP contribution < -0.4 is 11.1 Å². The van der Waals surface area contributed by atoms with E-state index in [-0.39, 0.29) is 31.2 Å². The van der Waals surface area contributed by atoms with Gasteiger partial charge in [-0.2, -0.15) is 0 Å². The van der Waals surface area contributed by atoms with Gasteiger partial charge in [-0.3, -0.25) is 24.6 Å². The second-order valence-electron chi connectivity index (χ2n) is 4.68. The fourth-order valence-electron chi connectivity index (χ4n) is 2.30. The Morgan fingerprint density at radius 2 is 1.89 bits per heavy atom. The lowest BCUT2D eigenvalue weighted by Gasteiger charge is -2.23. The summed E-state index contributed by atoms with van der Waals surface area (Å²) in [5, 5.41) is 1.90. The molecule has 0 spiro atoms. The third kappa shape index (κ3) is 3.10. The Kier molecular flexibility index (Phi) is 4.63. The lowest BCUT2D eigenvalue weighted by molar-refractivity contribution is -0.141. The number of hydrogen-bond acceptors (Lipinski definition) is 4. The summed E-state index contributed by atoms with van der Waals surface area (Å²) in [6.07, 6.45) is 1.26. The van der Waals surface area contributed by atoms with E-state index in [1.807, 2.05) is 19.2 Å². The fourth-order valence-corrected chi connectivity index (χ4v) is 2.30. The molecular formula is C12H19N3O4. The van der Waals surface area contributed by atoms with Crippen molar-refractivity contribution in [3.8, 4) is 0 Å². The molecule has 0 radical (unpaired) electrons. The van der Waals surface area contributed by atoms with Crippen LogP contribution in [0.15, 0.2) is 0 Å². The van der Waals surface area contributed by atoms with Gasteiger partial charge in [-0.1, -0.05) is 13.8 Å². The average molecular weight is 269 g/mol. The third-order valence-electron chi connectivity index (χ3n) is 3.67. The predicted octanol–water partition coefficient (Wildman–Crippen LogP) is 0.137. The SMILES string of the molecule is CCC1(CC)CC(=O)N(CCC(=O)NC(N)=O)C1=O. The molecule has 3 N–H and O–H groups in total. The Hall–Kier alpha value is -1.92. The van der Waals surface area contributed by atoms with E-state index < -0.39 is 17.4 Å². The van der Waals surface area contributed by atoms with Crippen molar-refractivity contribution in [3.05, 3.63) is 0 Å². The number of amides is 5. The molecule has 7 heteroatoms. The van der Waals surface area contributed by atoms with Gasteiger partial charge in [-0.25, -0.2) is 4.79 Å². The van der Waals surface area contributed by atoms with E-state index in [0.717, 1.165) is 4.90 Å². The minimum atomic E-state index is -0.944. The standard InChI is InChI=1S/C12H19N3O4/c1-3-12(4-2)7-9(17)15(10(12)18)6-5-8(16)14-11(13)19/h3-7H2,1-2H3,(H3,13,14,16,19). The first-order valence-corrected chi connectivity index (χ1v) is 6.30. The van der Waals surface area contributed by atoms with Crippen molar-refractivity contribution in [2.24, 2.45) is 11.1 Å². The predicted molar refractivity (Wildman–Crippen MR) is 66.7 cm³/mol. The molecule has 0 aromatic heterocycles. The molecular weight excluding hydrogens is 250 g/mol. The number of urea groups is 1. The lowest BCUT2D eigenvalue weighted by atomic mass is 9.81. The monoisotopic (exact) mass is 269 g/mol. The summed E-state index contributed by atoms with van der Waals surface area (Å²) >= 11 is 0. The van der Waals surface area contributed by atoms with E-state index in [1.165, 1.54) is 0 Å². The summed E-state index contributed by atoms with van der Waals surface area (Å²) in [4.78, 5) is 46.9. The van der Waals surface area contributed by atoms with E-state index >= 15 is 0 Å². The van der Waals surface area contributed by atoms with E-state index in [4.69, 9.17) is 5.73 Å². The minimum Gasteiger partial charge on any atom is -0.351 e. The summed E-state index contributed by atoms with van der Waals surface area (Å²) < 4.78 is 0. The highest BCUT2D eigenvalue weighted by atomic mass is 16.2. The Morgan fingerprint density at radius 3 is 2.32 bits per heavy atom. The maximum atomic E-state index is 12.2. The summed E-state index contributed by atoms with van der Waals surface area (Å²) in [6.45, 7) is 3.73. The van der Waals surface area contributed by atoms with Crippen LogP contribution in [0, 0.1) is 5.41 Å². The van der Waals surface area contributed by atoms with Crippen molar-refractivity contribution in [1.29, 1.82) is 0 Å². The number of likely N-dealkylation sites (tertiary alicyclic amines) is 1. The Bertz CT molecular complexity index is 415. The van der Waals surface area contributed by atoms with Crippen molar-refractivity contribution in [2.45, 2.75) is 39.5 Å². The first-order valence-electron chi connectivity index (χ1n) is 6.30. The highest BCUT2D eigenvalue weighted by molar-refractivity contribution is 6.06. The summed E-state index contributed by atoms with van der Waals surface area (Å²) in [5.41, 5.74) is 4.17. The average Bonchev–Trinajstić information content (AvgIpc) is 2.58. The molecule has 1 aliphatic heterocycles. The van der Waals surface area contributed by atoms with E-state index in [0.29, 0.717) is 12.8 Å². The maximum absolute atomic E-state index is 12.2. The number of hydrogen-bond donors (Lipinski definition) is 2. The highest BCUT2D eigenvalue weighted by Gasteiger charge is 2.48. The molecule has 1 fully saturated rings. The van der Waals surface area contributed by atoms with Crippen LogP contribution in [0.1, 0.15) is 39.5 Å². The van der Waals surface area contributed by atoms with Crippen LogP contribution in [0.3, 0.4) is 0 Å². The number of primary amides is 1. The first-order chi connectivity index (χ1) is 8.86. The van der Waals surface area contributed by atoms with Gasteiger partial charge in [0.25, 0.3) is 0 Å². The fraction of sp³-hybridized carbons (Fsp3) is 0.667. The molecule has 0 saturated carbocycles. The zero-order chi connectivity index (χ0) is 14.6. The van der Waals surface area contributed by atoms with Crippen LogP contribution in [0.4, 0.5) is 4.79 Å². The third-order valence-corrected chi connectivity index (χ3v) is 3.67. The molecule has 7 nitrogen and oxygen atoms in total. The number of nitrogens with zero attached hydrogens (tertiary/aromatic N) is 1. The molecule has 1 rings (SSSR count). The van der Waals surface area contributed by atoms with Crippen LogP contribution in [0.2, 0.25) is 0 Å². The maximum Gasteiger partial charge on any atom is 0.318 e. The number of nitrogens with one attached hydrogen (secondary N) is 1. The topological polar surface area (TPSA) is 110 Å². The van der Waals surface area contributed by atoms with Gasteiger partial charge in [-0.05, 0) is 12.8 Å². The number of nitrogens with two attached hydrogens (primary N) is 1. The van der Waals surface area contributed by atoms with Crippen molar-refractivity contribution < 1.29 is 19.2 Å². The van der Waals surface area contributed by atoms with Crippen LogP contribution in [0.25, 0.3) is 0 Å². The normalized spacial score (nSPS) is 17.7. The highest BCUT2D eigenvalue weighted by Crippen LogP contribution is 2.39. The number of rotatable bonds is 5. The number of carbonyl (C=O) groups is 4.